The standard InChI is InChI=1S/C24H23ClN4O2S/c1-15-11-16(2)22(17(3)12-15)26-21(30)14-32-24-28-27-23(19-8-4-5-9-20(19)25)29(24)13-18-7-6-10-31-18/h4-12H,13-14H2,1-3H3,(H,26,30). The molecule has 0 saturated carbocycles. The fourth-order valence-corrected chi connectivity index (χ4v) is 4.58. The minimum absolute atomic E-state index is 0.100. The van der Waals surface area contributed by atoms with Crippen LogP contribution in [0.1, 0.15) is 22.5 Å². The predicted molar refractivity (Wildman–Crippen MR) is 128 cm³/mol. The van der Waals surface area contributed by atoms with Gasteiger partial charge in [0.15, 0.2) is 11.0 Å². The van der Waals surface area contributed by atoms with E-state index in [1.54, 1.807) is 6.26 Å². The van der Waals surface area contributed by atoms with Gasteiger partial charge in [0.05, 0.1) is 23.6 Å². The molecule has 0 radical (unpaired) electrons. The fraction of sp³-hybridized carbons (Fsp3) is 0.208. The van der Waals surface area contributed by atoms with Gasteiger partial charge in [0.2, 0.25) is 5.91 Å². The zero-order valence-corrected chi connectivity index (χ0v) is 19.6. The Morgan fingerprint density at radius 2 is 1.84 bits per heavy atom. The molecule has 2 aromatic carbocycles. The number of benzene rings is 2. The summed E-state index contributed by atoms with van der Waals surface area (Å²) in [4.78, 5) is 12.7. The van der Waals surface area contributed by atoms with Crippen molar-refractivity contribution in [1.29, 1.82) is 0 Å². The van der Waals surface area contributed by atoms with Gasteiger partial charge in [-0.1, -0.05) is 53.2 Å². The fourth-order valence-electron chi connectivity index (χ4n) is 3.62. The van der Waals surface area contributed by atoms with Crippen molar-refractivity contribution in [2.45, 2.75) is 32.5 Å². The van der Waals surface area contributed by atoms with Crippen molar-refractivity contribution in [1.82, 2.24) is 14.8 Å². The van der Waals surface area contributed by atoms with E-state index in [1.807, 2.05) is 61.7 Å². The largest absolute Gasteiger partial charge is 0.467 e. The third kappa shape index (κ3) is 4.89. The van der Waals surface area contributed by atoms with Gasteiger partial charge in [-0.3, -0.25) is 9.36 Å². The number of amides is 1. The van der Waals surface area contributed by atoms with Crippen LogP contribution in [-0.4, -0.2) is 26.4 Å². The summed E-state index contributed by atoms with van der Waals surface area (Å²) in [6.45, 7) is 6.47. The zero-order chi connectivity index (χ0) is 22.7. The SMILES string of the molecule is Cc1cc(C)c(NC(=O)CSc2nnc(-c3ccccc3Cl)n2Cc2ccco2)c(C)c1. The second-order valence-electron chi connectivity index (χ2n) is 7.56. The molecule has 6 nitrogen and oxygen atoms in total. The van der Waals surface area contributed by atoms with Crippen LogP contribution in [0.25, 0.3) is 11.4 Å². The number of aromatic nitrogens is 3. The molecule has 0 bridgehead atoms. The first-order valence-electron chi connectivity index (χ1n) is 10.1. The highest BCUT2D eigenvalue weighted by atomic mass is 35.5. The monoisotopic (exact) mass is 466 g/mol. The number of carbonyl (C=O) groups is 1. The van der Waals surface area contributed by atoms with E-state index in [0.717, 1.165) is 28.1 Å². The predicted octanol–water partition coefficient (Wildman–Crippen LogP) is 5.90. The molecule has 4 rings (SSSR count). The van der Waals surface area contributed by atoms with Crippen LogP contribution < -0.4 is 5.32 Å². The van der Waals surface area contributed by atoms with Crippen LogP contribution in [0, 0.1) is 20.8 Å². The van der Waals surface area contributed by atoms with E-state index in [1.165, 1.54) is 17.3 Å². The number of nitrogens with zero attached hydrogens (tertiary/aromatic N) is 3. The summed E-state index contributed by atoms with van der Waals surface area (Å²) in [5.74, 6) is 1.48. The molecule has 0 spiro atoms. The number of aryl methyl sites for hydroxylation is 3. The van der Waals surface area contributed by atoms with E-state index >= 15 is 0 Å². The Morgan fingerprint density at radius 3 is 2.53 bits per heavy atom. The minimum Gasteiger partial charge on any atom is -0.467 e. The Labute approximate surface area is 196 Å². The lowest BCUT2D eigenvalue weighted by Crippen LogP contribution is -2.16. The molecule has 0 fully saturated rings. The maximum absolute atomic E-state index is 12.7. The van der Waals surface area contributed by atoms with Crippen LogP contribution in [-0.2, 0) is 11.3 Å². The van der Waals surface area contributed by atoms with E-state index < -0.39 is 0 Å². The molecule has 1 N–H and O–H groups in total. The number of thioether (sulfide) groups is 1. The smallest absolute Gasteiger partial charge is 0.234 e. The number of carbonyl (C=O) groups excluding carboxylic acids is 1. The van der Waals surface area contributed by atoms with E-state index in [9.17, 15) is 4.79 Å². The zero-order valence-electron chi connectivity index (χ0n) is 18.1. The molecule has 164 valence electrons. The first-order chi connectivity index (χ1) is 15.4. The molecule has 8 heteroatoms. The van der Waals surface area contributed by atoms with Gasteiger partial charge in [-0.25, -0.2) is 0 Å². The molecule has 1 amide bonds. The van der Waals surface area contributed by atoms with Crippen molar-refractivity contribution >= 4 is 35.0 Å². The Morgan fingerprint density at radius 1 is 1.09 bits per heavy atom. The number of hydrogen-bond acceptors (Lipinski definition) is 5. The molecule has 0 aliphatic carbocycles. The van der Waals surface area contributed by atoms with Crippen LogP contribution in [0.3, 0.4) is 0 Å². The highest BCUT2D eigenvalue weighted by Crippen LogP contribution is 2.30. The summed E-state index contributed by atoms with van der Waals surface area (Å²) in [7, 11) is 0. The lowest BCUT2D eigenvalue weighted by atomic mass is 10.1. The summed E-state index contributed by atoms with van der Waals surface area (Å²) in [5, 5.41) is 12.9. The number of anilines is 1. The van der Waals surface area contributed by atoms with Crippen molar-refractivity contribution in [3.8, 4) is 11.4 Å². The second kappa shape index (κ2) is 9.63. The summed E-state index contributed by atoms with van der Waals surface area (Å²) in [6.07, 6.45) is 1.63. The minimum atomic E-state index is -0.100. The summed E-state index contributed by atoms with van der Waals surface area (Å²) in [5.41, 5.74) is 4.89. The van der Waals surface area contributed by atoms with Crippen molar-refractivity contribution < 1.29 is 9.21 Å². The summed E-state index contributed by atoms with van der Waals surface area (Å²) >= 11 is 7.73. The van der Waals surface area contributed by atoms with Crippen molar-refractivity contribution in [2.24, 2.45) is 0 Å². The van der Waals surface area contributed by atoms with Gasteiger partial charge in [-0.05, 0) is 56.2 Å². The maximum Gasteiger partial charge on any atom is 0.234 e. The van der Waals surface area contributed by atoms with Crippen LogP contribution in [0.4, 0.5) is 5.69 Å². The van der Waals surface area contributed by atoms with Gasteiger partial charge in [0.25, 0.3) is 0 Å². The van der Waals surface area contributed by atoms with E-state index in [2.05, 4.69) is 27.6 Å². The van der Waals surface area contributed by atoms with Crippen LogP contribution in [0.15, 0.2) is 64.4 Å². The first kappa shape index (κ1) is 22.2. The molecule has 2 aromatic heterocycles. The van der Waals surface area contributed by atoms with Crippen LogP contribution in [0.5, 0.6) is 0 Å². The topological polar surface area (TPSA) is 73.0 Å². The molecule has 4 aromatic rings. The Balaban J connectivity index is 1.56. The quantitative estimate of drug-likeness (QED) is 0.343. The van der Waals surface area contributed by atoms with Crippen LogP contribution in [0.2, 0.25) is 5.02 Å². The normalized spacial score (nSPS) is 11.0. The highest BCUT2D eigenvalue weighted by Gasteiger charge is 2.19. The van der Waals surface area contributed by atoms with Crippen molar-refractivity contribution in [3.05, 3.63) is 82.3 Å². The maximum atomic E-state index is 12.7. The van der Waals surface area contributed by atoms with E-state index in [-0.39, 0.29) is 11.7 Å². The van der Waals surface area contributed by atoms with Gasteiger partial charge in [-0.15, -0.1) is 10.2 Å². The lowest BCUT2D eigenvalue weighted by molar-refractivity contribution is -0.113. The van der Waals surface area contributed by atoms with Crippen molar-refractivity contribution in [3.63, 3.8) is 0 Å². The van der Waals surface area contributed by atoms with Gasteiger partial charge in [0, 0.05) is 11.3 Å². The molecule has 0 aliphatic rings. The Kier molecular flexibility index (Phi) is 6.67. The van der Waals surface area contributed by atoms with Gasteiger partial charge in [0.1, 0.15) is 5.76 Å². The molecular weight excluding hydrogens is 444 g/mol. The third-order valence-corrected chi connectivity index (χ3v) is 6.30. The molecule has 0 unspecified atom stereocenters. The molecule has 0 atom stereocenters. The van der Waals surface area contributed by atoms with Crippen molar-refractivity contribution in [2.75, 3.05) is 11.1 Å². The van der Waals surface area contributed by atoms with E-state index in [0.29, 0.717) is 22.5 Å². The van der Waals surface area contributed by atoms with Gasteiger partial charge in [-0.2, -0.15) is 0 Å². The number of furan rings is 1. The molecule has 2 heterocycles. The molecular formula is C24H23ClN4O2S. The Hall–Kier alpha value is -3.03. The molecule has 0 aliphatic heterocycles. The second-order valence-corrected chi connectivity index (χ2v) is 8.91. The number of rotatable bonds is 7. The summed E-state index contributed by atoms with van der Waals surface area (Å²) in [6, 6.07) is 15.3. The average Bonchev–Trinajstić information content (AvgIpc) is 3.40. The molecule has 0 saturated heterocycles. The lowest BCUT2D eigenvalue weighted by Gasteiger charge is -2.13. The van der Waals surface area contributed by atoms with Gasteiger partial charge < -0.3 is 9.73 Å². The van der Waals surface area contributed by atoms with Gasteiger partial charge >= 0.3 is 0 Å². The summed E-state index contributed by atoms with van der Waals surface area (Å²) < 4.78 is 7.44. The number of hydrogen-bond donors (Lipinski definition) is 1. The van der Waals surface area contributed by atoms with E-state index in [4.69, 9.17) is 16.0 Å². The Bertz CT molecular complexity index is 1230. The average molecular weight is 467 g/mol. The van der Waals surface area contributed by atoms with Crippen LogP contribution >= 0.6 is 23.4 Å². The number of halogens is 1. The first-order valence-corrected chi connectivity index (χ1v) is 11.5. The number of nitrogens with one attached hydrogen (secondary N) is 1. The highest BCUT2D eigenvalue weighted by molar-refractivity contribution is 7.99. The third-order valence-electron chi connectivity index (χ3n) is 5.00. The molecule has 32 heavy (non-hydrogen) atoms.